The van der Waals surface area contributed by atoms with E-state index in [2.05, 4.69) is 25.6 Å². The number of anilines is 1. The van der Waals surface area contributed by atoms with E-state index in [9.17, 15) is 4.79 Å². The van der Waals surface area contributed by atoms with Crippen LogP contribution in [0.15, 0.2) is 55.1 Å². The van der Waals surface area contributed by atoms with E-state index in [1.165, 1.54) is 6.33 Å². The van der Waals surface area contributed by atoms with E-state index in [-0.39, 0.29) is 5.91 Å². The number of nitrogens with one attached hydrogen (secondary N) is 2. The van der Waals surface area contributed by atoms with Crippen LogP contribution in [0.3, 0.4) is 0 Å². The molecule has 156 valence electrons. The Hall–Kier alpha value is -3.26. The van der Waals surface area contributed by atoms with Crippen LogP contribution >= 0.6 is 0 Å². The average molecular weight is 406 g/mol. The largest absolute Gasteiger partial charge is 0.381 e. The van der Waals surface area contributed by atoms with Gasteiger partial charge in [-0.2, -0.15) is 0 Å². The van der Waals surface area contributed by atoms with Gasteiger partial charge < -0.3 is 15.4 Å². The molecule has 3 aromatic rings. The molecule has 8 nitrogen and oxygen atoms in total. The van der Waals surface area contributed by atoms with Gasteiger partial charge in [-0.15, -0.1) is 0 Å². The molecule has 1 saturated heterocycles. The van der Waals surface area contributed by atoms with Gasteiger partial charge in [0.05, 0.1) is 5.41 Å². The number of imidazole rings is 1. The molecule has 1 aliphatic rings. The van der Waals surface area contributed by atoms with Gasteiger partial charge in [-0.05, 0) is 25.3 Å². The minimum absolute atomic E-state index is 0.0521. The summed E-state index contributed by atoms with van der Waals surface area (Å²) in [6.07, 6.45) is 6.49. The van der Waals surface area contributed by atoms with Crippen molar-refractivity contribution in [3.05, 3.63) is 66.5 Å². The Labute approximate surface area is 175 Å². The zero-order valence-corrected chi connectivity index (χ0v) is 17.0. The maximum Gasteiger partial charge on any atom is 0.230 e. The number of benzene rings is 1. The summed E-state index contributed by atoms with van der Waals surface area (Å²) in [5.74, 6) is 2.36. The summed E-state index contributed by atoms with van der Waals surface area (Å²) in [5, 5.41) is 6.35. The van der Waals surface area contributed by atoms with Gasteiger partial charge in [0.1, 0.15) is 23.8 Å². The molecular weight excluding hydrogens is 380 g/mol. The molecule has 0 unspecified atom stereocenters. The summed E-state index contributed by atoms with van der Waals surface area (Å²) in [6, 6.07) is 11.9. The van der Waals surface area contributed by atoms with Crippen LogP contribution in [0.2, 0.25) is 0 Å². The standard InChI is InChI=1S/C22H26N6O2/c1-17-23-11-12-28(17)20-15-19(26-16-27-20)24-9-10-25-21(29)22(7-13-30-14-8-22)18-5-3-2-4-6-18/h2-6,11-12,15-16H,7-10,13-14H2,1H3,(H,25,29)(H,24,26,27). The van der Waals surface area contributed by atoms with Gasteiger partial charge >= 0.3 is 0 Å². The van der Waals surface area contributed by atoms with Crippen molar-refractivity contribution in [1.29, 1.82) is 0 Å². The fourth-order valence-electron chi connectivity index (χ4n) is 3.86. The van der Waals surface area contributed by atoms with E-state index in [0.717, 1.165) is 17.2 Å². The quantitative estimate of drug-likeness (QED) is 0.585. The predicted molar refractivity (Wildman–Crippen MR) is 114 cm³/mol. The lowest BCUT2D eigenvalue weighted by Crippen LogP contribution is -2.49. The maximum absolute atomic E-state index is 13.1. The molecule has 0 saturated carbocycles. The second kappa shape index (κ2) is 9.04. The summed E-state index contributed by atoms with van der Waals surface area (Å²) in [7, 11) is 0. The first kappa shape index (κ1) is 20.0. The van der Waals surface area contributed by atoms with Gasteiger partial charge in [0.15, 0.2) is 0 Å². The number of amides is 1. The van der Waals surface area contributed by atoms with Crippen LogP contribution in [-0.4, -0.2) is 51.7 Å². The number of hydrogen-bond acceptors (Lipinski definition) is 6. The van der Waals surface area contributed by atoms with Gasteiger partial charge in [-0.1, -0.05) is 30.3 Å². The number of hydrogen-bond donors (Lipinski definition) is 2. The molecule has 0 radical (unpaired) electrons. The van der Waals surface area contributed by atoms with Crippen molar-refractivity contribution < 1.29 is 9.53 Å². The first-order chi connectivity index (χ1) is 14.7. The van der Waals surface area contributed by atoms with Crippen LogP contribution in [0, 0.1) is 6.92 Å². The molecule has 3 heterocycles. The molecule has 0 spiro atoms. The Bertz CT molecular complexity index is 982. The van der Waals surface area contributed by atoms with Crippen molar-refractivity contribution in [1.82, 2.24) is 24.8 Å². The van der Waals surface area contributed by atoms with Crippen LogP contribution in [0.25, 0.3) is 5.82 Å². The summed E-state index contributed by atoms with van der Waals surface area (Å²) in [5.41, 5.74) is 0.524. The number of rotatable bonds is 7. The molecule has 1 fully saturated rings. The number of aryl methyl sites for hydroxylation is 1. The lowest BCUT2D eigenvalue weighted by atomic mass is 9.73. The van der Waals surface area contributed by atoms with Crippen molar-refractivity contribution in [3.8, 4) is 5.82 Å². The lowest BCUT2D eigenvalue weighted by Gasteiger charge is -2.36. The van der Waals surface area contributed by atoms with Gasteiger partial charge in [0.25, 0.3) is 0 Å². The molecule has 0 atom stereocenters. The monoisotopic (exact) mass is 406 g/mol. The number of nitrogens with zero attached hydrogens (tertiary/aromatic N) is 4. The van der Waals surface area contributed by atoms with Crippen molar-refractivity contribution in [3.63, 3.8) is 0 Å². The molecule has 2 N–H and O–H groups in total. The highest BCUT2D eigenvalue weighted by molar-refractivity contribution is 5.88. The molecule has 1 aromatic carbocycles. The van der Waals surface area contributed by atoms with Crippen molar-refractivity contribution in [2.45, 2.75) is 25.2 Å². The summed E-state index contributed by atoms with van der Waals surface area (Å²) in [4.78, 5) is 25.9. The molecule has 2 aromatic heterocycles. The van der Waals surface area contributed by atoms with Crippen molar-refractivity contribution in [2.24, 2.45) is 0 Å². The minimum Gasteiger partial charge on any atom is -0.381 e. The molecule has 30 heavy (non-hydrogen) atoms. The number of carbonyl (C=O) groups is 1. The zero-order valence-electron chi connectivity index (χ0n) is 17.0. The lowest BCUT2D eigenvalue weighted by molar-refractivity contribution is -0.130. The Morgan fingerprint density at radius 3 is 2.67 bits per heavy atom. The SMILES string of the molecule is Cc1nccn1-c1cc(NCCNC(=O)C2(c3ccccc3)CCOCC2)ncn1. The first-order valence-corrected chi connectivity index (χ1v) is 10.2. The Morgan fingerprint density at radius 1 is 1.13 bits per heavy atom. The van der Waals surface area contributed by atoms with E-state index in [4.69, 9.17) is 4.74 Å². The molecule has 8 heteroatoms. The number of aromatic nitrogens is 4. The molecule has 0 aliphatic carbocycles. The Kier molecular flexibility index (Phi) is 6.04. The summed E-state index contributed by atoms with van der Waals surface area (Å²) in [6.45, 7) is 4.17. The van der Waals surface area contributed by atoms with Crippen LogP contribution < -0.4 is 10.6 Å². The van der Waals surface area contributed by atoms with Crippen LogP contribution in [-0.2, 0) is 14.9 Å². The van der Waals surface area contributed by atoms with E-state index < -0.39 is 5.41 Å². The van der Waals surface area contributed by atoms with Crippen LogP contribution in [0.5, 0.6) is 0 Å². The van der Waals surface area contributed by atoms with E-state index in [0.29, 0.717) is 45.0 Å². The van der Waals surface area contributed by atoms with Gasteiger partial charge in [-0.3, -0.25) is 9.36 Å². The highest BCUT2D eigenvalue weighted by Gasteiger charge is 2.41. The number of carbonyl (C=O) groups excluding carboxylic acids is 1. The topological polar surface area (TPSA) is 94.0 Å². The van der Waals surface area contributed by atoms with Gasteiger partial charge in [0.2, 0.25) is 5.91 Å². The second-order valence-corrected chi connectivity index (χ2v) is 7.35. The molecular formula is C22H26N6O2. The normalized spacial score (nSPS) is 15.5. The predicted octanol–water partition coefficient (Wildman–Crippen LogP) is 2.25. The fraction of sp³-hybridized carbons (Fsp3) is 0.364. The molecule has 0 bridgehead atoms. The Balaban J connectivity index is 1.36. The van der Waals surface area contributed by atoms with Crippen molar-refractivity contribution >= 4 is 11.7 Å². The average Bonchev–Trinajstić information content (AvgIpc) is 3.23. The van der Waals surface area contributed by atoms with Crippen LogP contribution in [0.1, 0.15) is 24.2 Å². The fourth-order valence-corrected chi connectivity index (χ4v) is 3.86. The number of ether oxygens (including phenoxy) is 1. The summed E-state index contributed by atoms with van der Waals surface area (Å²) >= 11 is 0. The highest BCUT2D eigenvalue weighted by atomic mass is 16.5. The summed E-state index contributed by atoms with van der Waals surface area (Å²) < 4.78 is 7.41. The van der Waals surface area contributed by atoms with E-state index >= 15 is 0 Å². The maximum atomic E-state index is 13.1. The highest BCUT2D eigenvalue weighted by Crippen LogP contribution is 2.35. The third-order valence-corrected chi connectivity index (χ3v) is 5.55. The second-order valence-electron chi connectivity index (χ2n) is 7.35. The third-order valence-electron chi connectivity index (χ3n) is 5.55. The van der Waals surface area contributed by atoms with Gasteiger partial charge in [-0.25, -0.2) is 15.0 Å². The zero-order chi connectivity index (χ0) is 20.8. The minimum atomic E-state index is -0.527. The Morgan fingerprint density at radius 2 is 1.93 bits per heavy atom. The molecule has 1 amide bonds. The first-order valence-electron chi connectivity index (χ1n) is 10.2. The molecule has 1 aliphatic heterocycles. The van der Waals surface area contributed by atoms with Gasteiger partial charge in [0, 0.05) is 44.8 Å². The van der Waals surface area contributed by atoms with Crippen LogP contribution in [0.4, 0.5) is 5.82 Å². The smallest absolute Gasteiger partial charge is 0.230 e. The molecule has 4 rings (SSSR count). The van der Waals surface area contributed by atoms with E-state index in [1.54, 1.807) is 6.20 Å². The third kappa shape index (κ3) is 4.18. The van der Waals surface area contributed by atoms with E-state index in [1.807, 2.05) is 54.1 Å². The van der Waals surface area contributed by atoms with Crippen molar-refractivity contribution in [2.75, 3.05) is 31.6 Å².